The van der Waals surface area contributed by atoms with Gasteiger partial charge in [-0.15, -0.1) is 0 Å². The number of carbonyl (C=O) groups excluding carboxylic acids is 1. The van der Waals surface area contributed by atoms with E-state index in [1.54, 1.807) is 24.3 Å². The van der Waals surface area contributed by atoms with Crippen LogP contribution in [-0.2, 0) is 0 Å². The molecule has 0 aliphatic carbocycles. The summed E-state index contributed by atoms with van der Waals surface area (Å²) >= 11 is 0. The zero-order valence-electron chi connectivity index (χ0n) is 10.1. The number of aromatic hydroxyl groups is 1. The Balaban J connectivity index is 0.000000181. The summed E-state index contributed by atoms with van der Waals surface area (Å²) in [5.74, 6) is 0.322. The zero-order chi connectivity index (χ0) is 12.7. The molecule has 0 aromatic heterocycles. The monoisotopic (exact) mass is 228 g/mol. The Morgan fingerprint density at radius 3 is 1.71 bits per heavy atom. The number of rotatable bonds is 1. The van der Waals surface area contributed by atoms with E-state index in [2.05, 4.69) is 0 Å². The number of para-hydroxylation sites is 1. The molecule has 17 heavy (non-hydrogen) atoms. The Morgan fingerprint density at radius 1 is 0.882 bits per heavy atom. The van der Waals surface area contributed by atoms with Crippen LogP contribution in [0.5, 0.6) is 5.75 Å². The van der Waals surface area contributed by atoms with Crippen LogP contribution < -0.4 is 0 Å². The van der Waals surface area contributed by atoms with E-state index in [-0.39, 0.29) is 0 Å². The molecule has 88 valence electrons. The summed E-state index contributed by atoms with van der Waals surface area (Å²) in [6.07, 6.45) is 0.907. The third kappa shape index (κ3) is 4.11. The van der Waals surface area contributed by atoms with Crippen molar-refractivity contribution in [3.8, 4) is 5.75 Å². The van der Waals surface area contributed by atoms with Crippen molar-refractivity contribution in [2.45, 2.75) is 13.8 Å². The van der Waals surface area contributed by atoms with E-state index >= 15 is 0 Å². The molecule has 0 aliphatic rings. The van der Waals surface area contributed by atoms with Crippen LogP contribution >= 0.6 is 0 Å². The molecule has 0 saturated heterocycles. The number of phenolic OH excluding ortho intramolecular Hbond substituents is 1. The highest BCUT2D eigenvalue weighted by molar-refractivity contribution is 5.79. The summed E-state index contributed by atoms with van der Waals surface area (Å²) in [5.41, 5.74) is 2.92. The van der Waals surface area contributed by atoms with E-state index in [9.17, 15) is 4.79 Å². The molecule has 0 bridgehead atoms. The third-order valence-electron chi connectivity index (χ3n) is 2.42. The Bertz CT molecular complexity index is 455. The number of hydrogen-bond acceptors (Lipinski definition) is 2. The van der Waals surface area contributed by atoms with E-state index in [1.165, 1.54) is 0 Å². The van der Waals surface area contributed by atoms with Crippen molar-refractivity contribution in [3.63, 3.8) is 0 Å². The second-order valence-corrected chi connectivity index (χ2v) is 3.76. The average Bonchev–Trinajstić information content (AvgIpc) is 2.31. The van der Waals surface area contributed by atoms with E-state index in [4.69, 9.17) is 5.11 Å². The second-order valence-electron chi connectivity index (χ2n) is 3.76. The van der Waals surface area contributed by atoms with Gasteiger partial charge in [-0.3, -0.25) is 4.79 Å². The average molecular weight is 228 g/mol. The number of carbonyl (C=O) groups is 1. The van der Waals surface area contributed by atoms with E-state index in [0.717, 1.165) is 23.0 Å². The molecule has 0 radical (unpaired) electrons. The zero-order valence-corrected chi connectivity index (χ0v) is 10.1. The number of phenols is 1. The lowest BCUT2D eigenvalue weighted by atomic mass is 10.1. The predicted octanol–water partition coefficient (Wildman–Crippen LogP) is 3.51. The van der Waals surface area contributed by atoms with Crippen molar-refractivity contribution in [1.29, 1.82) is 0 Å². The molecule has 1 N–H and O–H groups in total. The normalized spacial score (nSPS) is 9.06. The fraction of sp³-hybridized carbons (Fsp3) is 0.133. The molecule has 0 spiro atoms. The van der Waals surface area contributed by atoms with Crippen LogP contribution in [0.2, 0.25) is 0 Å². The summed E-state index contributed by atoms with van der Waals surface area (Å²) in [6, 6.07) is 14.6. The van der Waals surface area contributed by atoms with Crippen LogP contribution in [0.3, 0.4) is 0 Å². The topological polar surface area (TPSA) is 37.3 Å². The largest absolute Gasteiger partial charge is 0.508 e. The van der Waals surface area contributed by atoms with Gasteiger partial charge in [0.25, 0.3) is 0 Å². The molecule has 2 heteroatoms. The molecular formula is C15H16O2. The number of aryl methyl sites for hydroxylation is 2. The highest BCUT2D eigenvalue weighted by Gasteiger charge is 1.97. The maximum atomic E-state index is 10.4. The van der Waals surface area contributed by atoms with Crippen LogP contribution in [0.15, 0.2) is 48.5 Å². The van der Waals surface area contributed by atoms with Crippen molar-refractivity contribution in [3.05, 3.63) is 65.2 Å². The molecule has 2 aromatic carbocycles. The van der Waals surface area contributed by atoms with E-state index < -0.39 is 0 Å². The fourth-order valence-electron chi connectivity index (χ4n) is 1.44. The highest BCUT2D eigenvalue weighted by Crippen LogP contribution is 2.09. The molecule has 0 saturated carbocycles. The maximum absolute atomic E-state index is 10.4. The van der Waals surface area contributed by atoms with Gasteiger partial charge < -0.3 is 5.11 Å². The smallest absolute Gasteiger partial charge is 0.150 e. The Kier molecular flexibility index (Phi) is 4.95. The van der Waals surface area contributed by atoms with Crippen molar-refractivity contribution in [1.82, 2.24) is 0 Å². The van der Waals surface area contributed by atoms with Gasteiger partial charge in [-0.1, -0.05) is 36.4 Å². The molecule has 0 fully saturated rings. The molecule has 2 aromatic rings. The predicted molar refractivity (Wildman–Crippen MR) is 69.4 cm³/mol. The first kappa shape index (κ1) is 13.0. The summed E-state index contributed by atoms with van der Waals surface area (Å²) in [6.45, 7) is 3.88. The molecule has 0 atom stereocenters. The fourth-order valence-corrected chi connectivity index (χ4v) is 1.44. The molecule has 2 nitrogen and oxygen atoms in total. The molecule has 0 amide bonds. The molecule has 0 heterocycles. The summed E-state index contributed by atoms with van der Waals surface area (Å²) < 4.78 is 0. The van der Waals surface area contributed by atoms with Gasteiger partial charge in [-0.25, -0.2) is 0 Å². The molecular weight excluding hydrogens is 212 g/mol. The first-order chi connectivity index (χ1) is 8.15. The van der Waals surface area contributed by atoms with Crippen LogP contribution in [-0.4, -0.2) is 11.4 Å². The van der Waals surface area contributed by atoms with Crippen molar-refractivity contribution in [2.24, 2.45) is 0 Å². The van der Waals surface area contributed by atoms with Crippen LogP contribution in [0, 0.1) is 13.8 Å². The lowest BCUT2D eigenvalue weighted by molar-refractivity contribution is 0.112. The summed E-state index contributed by atoms with van der Waals surface area (Å²) in [7, 11) is 0. The number of aldehydes is 1. The lowest BCUT2D eigenvalue weighted by Gasteiger charge is -1.99. The van der Waals surface area contributed by atoms with Crippen LogP contribution in [0.1, 0.15) is 21.5 Å². The van der Waals surface area contributed by atoms with Gasteiger partial charge in [0.2, 0.25) is 0 Å². The quantitative estimate of drug-likeness (QED) is 0.758. The minimum absolute atomic E-state index is 0.322. The van der Waals surface area contributed by atoms with Crippen molar-refractivity contribution in [2.75, 3.05) is 0 Å². The summed E-state index contributed by atoms with van der Waals surface area (Å²) in [5, 5.41) is 8.63. The van der Waals surface area contributed by atoms with E-state index in [0.29, 0.717) is 5.75 Å². The summed E-state index contributed by atoms with van der Waals surface area (Å²) in [4.78, 5) is 10.4. The minimum atomic E-state index is 0.322. The van der Waals surface area contributed by atoms with Gasteiger partial charge in [-0.2, -0.15) is 0 Å². The van der Waals surface area contributed by atoms with Crippen molar-refractivity contribution >= 4 is 6.29 Å². The Morgan fingerprint density at radius 2 is 1.41 bits per heavy atom. The van der Waals surface area contributed by atoms with Gasteiger partial charge in [0.1, 0.15) is 5.75 Å². The second kappa shape index (κ2) is 6.48. The third-order valence-corrected chi connectivity index (χ3v) is 2.42. The Hall–Kier alpha value is -2.09. The first-order valence-electron chi connectivity index (χ1n) is 5.40. The van der Waals surface area contributed by atoms with Gasteiger partial charge in [0.15, 0.2) is 6.29 Å². The highest BCUT2D eigenvalue weighted by atomic mass is 16.3. The van der Waals surface area contributed by atoms with Gasteiger partial charge in [0.05, 0.1) is 0 Å². The molecule has 0 aliphatic heterocycles. The van der Waals surface area contributed by atoms with Gasteiger partial charge in [-0.05, 0) is 37.1 Å². The van der Waals surface area contributed by atoms with E-state index in [1.807, 2.05) is 38.1 Å². The number of hydrogen-bond donors (Lipinski definition) is 1. The van der Waals surface area contributed by atoms with Crippen LogP contribution in [0.4, 0.5) is 0 Å². The number of benzene rings is 2. The maximum Gasteiger partial charge on any atom is 0.150 e. The Labute approximate surface area is 102 Å². The molecule has 0 unspecified atom stereocenters. The first-order valence-corrected chi connectivity index (χ1v) is 5.40. The van der Waals surface area contributed by atoms with Gasteiger partial charge in [0, 0.05) is 5.56 Å². The van der Waals surface area contributed by atoms with Gasteiger partial charge >= 0.3 is 0 Å². The molecule has 2 rings (SSSR count). The minimum Gasteiger partial charge on any atom is -0.508 e. The standard InChI is InChI=1S/C9H10O.C6H6O/c1-7-4-3-5-8(2)9(7)6-10;7-6-4-2-1-3-5-6/h3-6H,1-2H3;1-5,7H. The SMILES string of the molecule is Cc1cccc(C)c1C=O.Oc1ccccc1. The van der Waals surface area contributed by atoms with Crippen LogP contribution in [0.25, 0.3) is 0 Å². The lowest BCUT2D eigenvalue weighted by Crippen LogP contribution is -1.89. The van der Waals surface area contributed by atoms with Crippen molar-refractivity contribution < 1.29 is 9.90 Å².